The number of aromatic nitrogens is 3. The smallest absolute Gasteiger partial charge is 0.248 e. The molecular weight excluding hydrogens is 396 g/mol. The molecule has 3 aromatic heterocycles. The molecule has 3 heterocycles. The molecule has 6 nitrogen and oxygen atoms in total. The van der Waals surface area contributed by atoms with Gasteiger partial charge < -0.3 is 5.73 Å². The molecule has 0 aromatic carbocycles. The van der Waals surface area contributed by atoms with Crippen LogP contribution in [0.1, 0.15) is 36.0 Å². The first-order valence-electron chi connectivity index (χ1n) is 9.23. The maximum Gasteiger partial charge on any atom is 0.248 e. The van der Waals surface area contributed by atoms with Gasteiger partial charge in [-0.05, 0) is 37.1 Å². The molecule has 0 atom stereocenters. The Morgan fingerprint density at radius 3 is 2.62 bits per heavy atom. The van der Waals surface area contributed by atoms with Gasteiger partial charge in [-0.2, -0.15) is 0 Å². The molecule has 29 heavy (non-hydrogen) atoms. The summed E-state index contributed by atoms with van der Waals surface area (Å²) < 4.78 is 27.4. The van der Waals surface area contributed by atoms with Gasteiger partial charge in [0.05, 0.1) is 5.69 Å². The van der Waals surface area contributed by atoms with Crippen molar-refractivity contribution in [3.63, 3.8) is 0 Å². The number of halogens is 2. The summed E-state index contributed by atoms with van der Waals surface area (Å²) in [6.45, 7) is 0. The number of hydrogen-bond acceptors (Lipinski definition) is 6. The minimum atomic E-state index is -2.65. The van der Waals surface area contributed by atoms with Crippen LogP contribution in [0.3, 0.4) is 0 Å². The lowest BCUT2D eigenvalue weighted by molar-refractivity contribution is -0.0375. The highest BCUT2D eigenvalue weighted by Gasteiger charge is 2.38. The number of thiazole rings is 1. The Morgan fingerprint density at radius 1 is 1.14 bits per heavy atom. The molecule has 1 aliphatic carbocycles. The van der Waals surface area contributed by atoms with E-state index in [4.69, 9.17) is 5.73 Å². The summed E-state index contributed by atoms with van der Waals surface area (Å²) in [4.78, 5) is 26.8. The van der Waals surface area contributed by atoms with Crippen molar-refractivity contribution in [3.8, 4) is 11.4 Å². The average molecular weight is 415 g/mol. The SMILES string of the molecule is NC(=O)c1ccnc(N(c2nc(-c3ccccn3)cs2)C2CCC(F)(F)CC2)c1. The molecular formula is C20H19F2N5OS. The number of carbonyl (C=O) groups is 1. The zero-order chi connectivity index (χ0) is 20.4. The third-order valence-corrected chi connectivity index (χ3v) is 5.79. The summed E-state index contributed by atoms with van der Waals surface area (Å²) in [6.07, 6.45) is 3.40. The summed E-state index contributed by atoms with van der Waals surface area (Å²) >= 11 is 1.39. The first kappa shape index (κ1) is 19.4. The summed E-state index contributed by atoms with van der Waals surface area (Å²) in [7, 11) is 0. The van der Waals surface area contributed by atoms with E-state index in [1.54, 1.807) is 12.3 Å². The molecule has 0 saturated heterocycles. The first-order chi connectivity index (χ1) is 13.9. The Balaban J connectivity index is 1.72. The van der Waals surface area contributed by atoms with Gasteiger partial charge in [-0.1, -0.05) is 6.07 Å². The second kappa shape index (κ2) is 7.82. The molecule has 0 spiro atoms. The molecule has 150 valence electrons. The van der Waals surface area contributed by atoms with Crippen LogP contribution in [0.25, 0.3) is 11.4 Å². The van der Waals surface area contributed by atoms with Gasteiger partial charge >= 0.3 is 0 Å². The van der Waals surface area contributed by atoms with E-state index in [2.05, 4.69) is 15.0 Å². The molecule has 1 amide bonds. The van der Waals surface area contributed by atoms with E-state index in [9.17, 15) is 13.6 Å². The van der Waals surface area contributed by atoms with Gasteiger partial charge in [0.1, 0.15) is 11.5 Å². The maximum atomic E-state index is 13.7. The van der Waals surface area contributed by atoms with Crippen molar-refractivity contribution >= 4 is 28.2 Å². The Bertz CT molecular complexity index is 1000. The minimum Gasteiger partial charge on any atom is -0.366 e. The van der Waals surface area contributed by atoms with E-state index in [0.29, 0.717) is 35.0 Å². The molecule has 0 bridgehead atoms. The quantitative estimate of drug-likeness (QED) is 0.667. The molecule has 0 aliphatic heterocycles. The molecule has 2 N–H and O–H groups in total. The van der Waals surface area contributed by atoms with Crippen LogP contribution in [-0.2, 0) is 0 Å². The number of anilines is 2. The maximum absolute atomic E-state index is 13.7. The van der Waals surface area contributed by atoms with Crippen molar-refractivity contribution in [3.05, 3.63) is 53.7 Å². The van der Waals surface area contributed by atoms with E-state index in [-0.39, 0.29) is 18.9 Å². The second-order valence-corrected chi connectivity index (χ2v) is 7.79. The molecule has 1 aliphatic rings. The van der Waals surface area contributed by atoms with Crippen LogP contribution in [0, 0.1) is 0 Å². The highest BCUT2D eigenvalue weighted by atomic mass is 32.1. The Hall–Kier alpha value is -2.94. The van der Waals surface area contributed by atoms with E-state index in [1.807, 2.05) is 28.5 Å². The standard InChI is InChI=1S/C20H19F2N5OS/c21-20(22)7-4-14(5-8-20)27(17-11-13(18(23)28)6-10-25-17)19-26-16(12-29-19)15-3-1-2-9-24-15/h1-3,6,9-12,14H,4-5,7-8H2,(H2,23,28). The second-order valence-electron chi connectivity index (χ2n) is 6.95. The highest BCUT2D eigenvalue weighted by Crippen LogP contribution is 2.40. The number of primary amides is 1. The van der Waals surface area contributed by atoms with Crippen molar-refractivity contribution in [1.82, 2.24) is 15.0 Å². The lowest BCUT2D eigenvalue weighted by atomic mass is 9.91. The molecule has 0 radical (unpaired) electrons. The fourth-order valence-corrected chi connectivity index (χ4v) is 4.33. The third-order valence-electron chi connectivity index (χ3n) is 4.95. The summed E-state index contributed by atoms with van der Waals surface area (Å²) in [5, 5.41) is 2.50. The zero-order valence-corrected chi connectivity index (χ0v) is 16.3. The Labute approximate surface area is 170 Å². The van der Waals surface area contributed by atoms with Crippen LogP contribution in [0.2, 0.25) is 0 Å². The molecule has 1 saturated carbocycles. The fraction of sp³-hybridized carbons (Fsp3) is 0.300. The monoisotopic (exact) mass is 415 g/mol. The predicted molar refractivity (Wildman–Crippen MR) is 107 cm³/mol. The highest BCUT2D eigenvalue weighted by molar-refractivity contribution is 7.14. The molecule has 4 rings (SSSR count). The molecule has 1 fully saturated rings. The van der Waals surface area contributed by atoms with Gasteiger partial charge in [-0.3, -0.25) is 14.7 Å². The third kappa shape index (κ3) is 4.24. The number of rotatable bonds is 5. The zero-order valence-electron chi connectivity index (χ0n) is 15.5. The van der Waals surface area contributed by atoms with Crippen molar-refractivity contribution in [2.45, 2.75) is 37.6 Å². The molecule has 9 heteroatoms. The van der Waals surface area contributed by atoms with Crippen LogP contribution in [0.5, 0.6) is 0 Å². The predicted octanol–water partition coefficient (Wildman–Crippen LogP) is 4.42. The summed E-state index contributed by atoms with van der Waals surface area (Å²) in [5.74, 6) is -2.75. The summed E-state index contributed by atoms with van der Waals surface area (Å²) in [6, 6.07) is 8.46. The minimum absolute atomic E-state index is 0.192. The normalized spacial score (nSPS) is 16.5. The van der Waals surface area contributed by atoms with Crippen LogP contribution in [-0.4, -0.2) is 32.8 Å². The number of hydrogen-bond donors (Lipinski definition) is 1. The van der Waals surface area contributed by atoms with Gasteiger partial charge in [-0.25, -0.2) is 18.7 Å². The van der Waals surface area contributed by atoms with E-state index < -0.39 is 11.8 Å². The number of alkyl halides is 2. The summed E-state index contributed by atoms with van der Waals surface area (Å²) in [5.41, 5.74) is 7.14. The Morgan fingerprint density at radius 2 is 1.93 bits per heavy atom. The van der Waals surface area contributed by atoms with Crippen molar-refractivity contribution in [1.29, 1.82) is 0 Å². The topological polar surface area (TPSA) is 85.0 Å². The van der Waals surface area contributed by atoms with Gasteiger partial charge in [0, 0.05) is 42.2 Å². The number of nitrogens with zero attached hydrogens (tertiary/aromatic N) is 4. The van der Waals surface area contributed by atoms with Gasteiger partial charge in [0.15, 0.2) is 5.13 Å². The number of carbonyl (C=O) groups excluding carboxylic acids is 1. The van der Waals surface area contributed by atoms with Crippen LogP contribution in [0.4, 0.5) is 19.7 Å². The molecule has 0 unspecified atom stereocenters. The van der Waals surface area contributed by atoms with E-state index in [1.165, 1.54) is 23.6 Å². The Kier molecular flexibility index (Phi) is 5.23. The van der Waals surface area contributed by atoms with Crippen LogP contribution in [0.15, 0.2) is 48.1 Å². The van der Waals surface area contributed by atoms with E-state index >= 15 is 0 Å². The van der Waals surface area contributed by atoms with E-state index in [0.717, 1.165) is 5.69 Å². The number of pyridine rings is 2. The van der Waals surface area contributed by atoms with Crippen molar-refractivity contribution in [2.24, 2.45) is 5.73 Å². The first-order valence-corrected chi connectivity index (χ1v) is 10.1. The number of amides is 1. The van der Waals surface area contributed by atoms with Crippen LogP contribution < -0.4 is 10.6 Å². The van der Waals surface area contributed by atoms with Crippen molar-refractivity contribution in [2.75, 3.05) is 4.90 Å². The van der Waals surface area contributed by atoms with Gasteiger partial charge in [0.2, 0.25) is 11.8 Å². The van der Waals surface area contributed by atoms with Gasteiger partial charge in [0.25, 0.3) is 0 Å². The fourth-order valence-electron chi connectivity index (χ4n) is 3.43. The van der Waals surface area contributed by atoms with Crippen molar-refractivity contribution < 1.29 is 13.6 Å². The van der Waals surface area contributed by atoms with Gasteiger partial charge in [-0.15, -0.1) is 11.3 Å². The lowest BCUT2D eigenvalue weighted by Crippen LogP contribution is -2.38. The molecule has 3 aromatic rings. The average Bonchev–Trinajstić information content (AvgIpc) is 3.20. The number of nitrogens with two attached hydrogens (primary N) is 1. The lowest BCUT2D eigenvalue weighted by Gasteiger charge is -2.36. The largest absolute Gasteiger partial charge is 0.366 e. The van der Waals surface area contributed by atoms with Crippen LogP contribution >= 0.6 is 11.3 Å².